The Hall–Kier alpha value is -0.930. The van der Waals surface area contributed by atoms with E-state index >= 15 is 0 Å². The summed E-state index contributed by atoms with van der Waals surface area (Å²) in [5.74, 6) is -0.517. The summed E-state index contributed by atoms with van der Waals surface area (Å²) < 4.78 is 0. The zero-order valence-corrected chi connectivity index (χ0v) is 12.8. The van der Waals surface area contributed by atoms with Crippen molar-refractivity contribution in [1.29, 1.82) is 0 Å². The third-order valence-electron chi connectivity index (χ3n) is 3.71. The predicted molar refractivity (Wildman–Crippen MR) is 81.7 cm³/mol. The molecule has 1 aromatic carbocycles. The molecule has 1 aromatic rings. The van der Waals surface area contributed by atoms with Crippen molar-refractivity contribution >= 4 is 29.1 Å². The van der Waals surface area contributed by atoms with Crippen LogP contribution in [0.2, 0.25) is 10.0 Å². The third-order valence-corrected chi connectivity index (χ3v) is 4.22. The van der Waals surface area contributed by atoms with E-state index in [0.717, 1.165) is 25.7 Å². The molecule has 1 saturated carbocycles. The number of amides is 1. The monoisotopic (exact) mass is 315 g/mol. The van der Waals surface area contributed by atoms with Gasteiger partial charge in [-0.15, -0.1) is 0 Å². The van der Waals surface area contributed by atoms with Crippen LogP contribution in [0.25, 0.3) is 0 Å². The summed E-state index contributed by atoms with van der Waals surface area (Å²) in [7, 11) is 0. The minimum Gasteiger partial charge on any atom is -0.506 e. The standard InChI is InChI=1S/C15H19Cl2NO2/c16-10-8-12(14(19)13(17)9-10)15(20)18-11-6-4-2-1-3-5-7-11/h8-9,11,19H,1-7H2,(H,18,20). The van der Waals surface area contributed by atoms with Gasteiger partial charge in [0.05, 0.1) is 10.6 Å². The third kappa shape index (κ3) is 4.03. The van der Waals surface area contributed by atoms with E-state index in [2.05, 4.69) is 5.32 Å². The van der Waals surface area contributed by atoms with Crippen molar-refractivity contribution in [1.82, 2.24) is 5.32 Å². The summed E-state index contributed by atoms with van der Waals surface area (Å²) >= 11 is 11.7. The Balaban J connectivity index is 2.07. The van der Waals surface area contributed by atoms with Gasteiger partial charge in [-0.2, -0.15) is 0 Å². The number of nitrogens with one attached hydrogen (secondary N) is 1. The summed E-state index contributed by atoms with van der Waals surface area (Å²) in [4.78, 5) is 12.2. The van der Waals surface area contributed by atoms with Crippen LogP contribution in [0.15, 0.2) is 12.1 Å². The number of aromatic hydroxyl groups is 1. The Morgan fingerprint density at radius 3 is 2.35 bits per heavy atom. The number of hydrogen-bond acceptors (Lipinski definition) is 2. The molecule has 1 aliphatic rings. The number of halogens is 2. The highest BCUT2D eigenvalue weighted by Crippen LogP contribution is 2.31. The van der Waals surface area contributed by atoms with Crippen LogP contribution in [0, 0.1) is 0 Å². The quantitative estimate of drug-likeness (QED) is 0.841. The van der Waals surface area contributed by atoms with Gasteiger partial charge in [0.1, 0.15) is 5.75 Å². The van der Waals surface area contributed by atoms with Crippen molar-refractivity contribution in [3.8, 4) is 5.75 Å². The number of hydrogen-bond donors (Lipinski definition) is 2. The fourth-order valence-electron chi connectivity index (χ4n) is 2.60. The average molecular weight is 316 g/mol. The Morgan fingerprint density at radius 2 is 1.70 bits per heavy atom. The van der Waals surface area contributed by atoms with Gasteiger partial charge in [0.2, 0.25) is 0 Å². The molecule has 0 aromatic heterocycles. The lowest BCUT2D eigenvalue weighted by molar-refractivity contribution is 0.0928. The highest BCUT2D eigenvalue weighted by atomic mass is 35.5. The van der Waals surface area contributed by atoms with Gasteiger partial charge in [-0.05, 0) is 25.0 Å². The van der Waals surface area contributed by atoms with Gasteiger partial charge < -0.3 is 10.4 Å². The molecular weight excluding hydrogens is 297 g/mol. The number of phenolic OH excluding ortho intramolecular Hbond substituents is 1. The molecule has 110 valence electrons. The van der Waals surface area contributed by atoms with Crippen molar-refractivity contribution in [2.24, 2.45) is 0 Å². The second kappa shape index (κ2) is 7.19. The number of rotatable bonds is 2. The van der Waals surface area contributed by atoms with Gasteiger partial charge in [0, 0.05) is 11.1 Å². The van der Waals surface area contributed by atoms with Crippen LogP contribution >= 0.6 is 23.2 Å². The molecule has 0 aliphatic heterocycles. The van der Waals surface area contributed by atoms with Crippen LogP contribution in [-0.4, -0.2) is 17.1 Å². The van der Waals surface area contributed by atoms with Crippen LogP contribution in [0.5, 0.6) is 5.75 Å². The normalized spacial score (nSPS) is 17.3. The molecule has 20 heavy (non-hydrogen) atoms. The molecule has 0 heterocycles. The summed E-state index contributed by atoms with van der Waals surface area (Å²) in [5, 5.41) is 13.3. The Kier molecular flexibility index (Phi) is 5.55. The van der Waals surface area contributed by atoms with E-state index in [0.29, 0.717) is 5.02 Å². The van der Waals surface area contributed by atoms with Crippen LogP contribution < -0.4 is 5.32 Å². The maximum atomic E-state index is 12.2. The number of phenols is 1. The lowest BCUT2D eigenvalue weighted by Gasteiger charge is -2.21. The number of carbonyl (C=O) groups is 1. The predicted octanol–water partition coefficient (Wildman–Crippen LogP) is 4.54. The van der Waals surface area contributed by atoms with Crippen LogP contribution in [0.4, 0.5) is 0 Å². The molecule has 1 aliphatic carbocycles. The number of benzene rings is 1. The maximum absolute atomic E-state index is 12.2. The summed E-state index contributed by atoms with van der Waals surface area (Å²) in [6, 6.07) is 3.03. The van der Waals surface area contributed by atoms with Crippen molar-refractivity contribution in [3.63, 3.8) is 0 Å². The molecule has 1 fully saturated rings. The van der Waals surface area contributed by atoms with Crippen molar-refractivity contribution in [3.05, 3.63) is 27.7 Å². The lowest BCUT2D eigenvalue weighted by Crippen LogP contribution is -2.35. The molecule has 2 N–H and O–H groups in total. The van der Waals surface area contributed by atoms with E-state index in [4.69, 9.17) is 23.2 Å². The van der Waals surface area contributed by atoms with E-state index in [1.54, 1.807) is 0 Å². The zero-order chi connectivity index (χ0) is 14.5. The van der Waals surface area contributed by atoms with Crippen molar-refractivity contribution in [2.45, 2.75) is 51.0 Å². The molecule has 0 spiro atoms. The summed E-state index contributed by atoms with van der Waals surface area (Å²) in [6.45, 7) is 0. The highest BCUT2D eigenvalue weighted by Gasteiger charge is 2.19. The van der Waals surface area contributed by atoms with Crippen LogP contribution in [0.1, 0.15) is 55.3 Å². The molecule has 0 unspecified atom stereocenters. The van der Waals surface area contributed by atoms with Gasteiger partial charge in [0.25, 0.3) is 5.91 Å². The second-order valence-corrected chi connectivity index (χ2v) is 6.14. The summed E-state index contributed by atoms with van der Waals surface area (Å²) in [6.07, 6.45) is 7.97. The van der Waals surface area contributed by atoms with E-state index < -0.39 is 0 Å². The maximum Gasteiger partial charge on any atom is 0.255 e. The smallest absolute Gasteiger partial charge is 0.255 e. The van der Waals surface area contributed by atoms with Crippen LogP contribution in [0.3, 0.4) is 0 Å². The van der Waals surface area contributed by atoms with Gasteiger partial charge >= 0.3 is 0 Å². The zero-order valence-electron chi connectivity index (χ0n) is 11.3. The fraction of sp³-hybridized carbons (Fsp3) is 0.533. The largest absolute Gasteiger partial charge is 0.506 e. The van der Waals surface area contributed by atoms with E-state index in [-0.39, 0.29) is 28.3 Å². The van der Waals surface area contributed by atoms with E-state index in [9.17, 15) is 9.90 Å². The number of carbonyl (C=O) groups excluding carboxylic acids is 1. The minimum absolute atomic E-state index is 0.0975. The molecule has 5 heteroatoms. The lowest BCUT2D eigenvalue weighted by atomic mass is 9.96. The topological polar surface area (TPSA) is 49.3 Å². The SMILES string of the molecule is O=C(NC1CCCCCCC1)c1cc(Cl)cc(Cl)c1O. The first kappa shape index (κ1) is 15.5. The summed E-state index contributed by atoms with van der Waals surface area (Å²) in [5.41, 5.74) is 0.143. The average Bonchev–Trinajstić information content (AvgIpc) is 2.36. The Morgan fingerprint density at radius 1 is 1.10 bits per heavy atom. The minimum atomic E-state index is -0.308. The van der Waals surface area contributed by atoms with Gasteiger partial charge in [-0.25, -0.2) is 0 Å². The van der Waals surface area contributed by atoms with E-state index in [1.807, 2.05) is 0 Å². The molecule has 0 saturated heterocycles. The van der Waals surface area contributed by atoms with E-state index in [1.165, 1.54) is 31.4 Å². The Bertz CT molecular complexity index is 483. The second-order valence-electron chi connectivity index (χ2n) is 5.30. The first-order valence-corrected chi connectivity index (χ1v) is 7.82. The molecule has 3 nitrogen and oxygen atoms in total. The molecule has 0 bridgehead atoms. The van der Waals surface area contributed by atoms with Gasteiger partial charge in [-0.1, -0.05) is 55.3 Å². The highest BCUT2D eigenvalue weighted by molar-refractivity contribution is 6.36. The fourth-order valence-corrected chi connectivity index (χ4v) is 3.10. The van der Waals surface area contributed by atoms with Crippen molar-refractivity contribution < 1.29 is 9.90 Å². The van der Waals surface area contributed by atoms with Gasteiger partial charge in [0.15, 0.2) is 0 Å². The molecule has 1 amide bonds. The molecule has 2 rings (SSSR count). The van der Waals surface area contributed by atoms with Crippen molar-refractivity contribution in [2.75, 3.05) is 0 Å². The van der Waals surface area contributed by atoms with Crippen LogP contribution in [-0.2, 0) is 0 Å². The first-order chi connectivity index (χ1) is 9.58. The molecule has 0 atom stereocenters. The molecular formula is C15H19Cl2NO2. The Labute approximate surface area is 129 Å². The molecule has 0 radical (unpaired) electrons. The first-order valence-electron chi connectivity index (χ1n) is 7.07. The van der Waals surface area contributed by atoms with Gasteiger partial charge in [-0.3, -0.25) is 4.79 Å².